The largest absolute Gasteiger partial charge is 0.460 e. The lowest BCUT2D eigenvalue weighted by Crippen LogP contribution is -2.52. The average Bonchev–Trinajstić information content (AvgIpc) is 3.12. The van der Waals surface area contributed by atoms with Gasteiger partial charge in [-0.2, -0.15) is 13.2 Å². The second-order valence-corrected chi connectivity index (χ2v) is 9.84. The van der Waals surface area contributed by atoms with Crippen molar-refractivity contribution in [2.45, 2.75) is 89.7 Å². The second kappa shape index (κ2) is 11.2. The normalized spacial score (nSPS) is 23.5. The number of rotatable bonds is 12. The minimum atomic E-state index is -5.06. The molecule has 36 heavy (non-hydrogen) atoms. The first-order valence-corrected chi connectivity index (χ1v) is 12.5. The van der Waals surface area contributed by atoms with Gasteiger partial charge in [-0.3, -0.25) is 4.79 Å². The number of fused-ring (bicyclic) bond motifs is 1. The number of hydrogen-bond donors (Lipinski definition) is 0. The fraction of sp³-hybridized carbons (Fsp3) is 0.571. The Balaban J connectivity index is 1.95. The maximum atomic E-state index is 14.4. The minimum absolute atomic E-state index is 0.325. The predicted molar refractivity (Wildman–Crippen MR) is 129 cm³/mol. The van der Waals surface area contributed by atoms with Crippen molar-refractivity contribution in [2.24, 2.45) is 5.41 Å². The number of methoxy groups -OCH3 is 1. The minimum Gasteiger partial charge on any atom is -0.460 e. The molecule has 1 aromatic rings. The van der Waals surface area contributed by atoms with Crippen molar-refractivity contribution in [1.82, 2.24) is 0 Å². The Kier molecular flexibility index (Phi) is 8.70. The summed E-state index contributed by atoms with van der Waals surface area (Å²) in [5, 5.41) is 0. The molecule has 1 fully saturated rings. The van der Waals surface area contributed by atoms with E-state index in [4.69, 9.17) is 14.2 Å². The number of unbranched alkanes of at least 4 members (excludes halogenated alkanes) is 3. The van der Waals surface area contributed by atoms with E-state index >= 15 is 0 Å². The van der Waals surface area contributed by atoms with E-state index in [1.807, 2.05) is 19.9 Å². The summed E-state index contributed by atoms with van der Waals surface area (Å²) >= 11 is 0. The third-order valence-electron chi connectivity index (χ3n) is 7.07. The number of ether oxygens (including phenoxy) is 3. The first kappa shape index (κ1) is 28.0. The topological polar surface area (TPSA) is 61.8 Å². The molecule has 8 heteroatoms. The summed E-state index contributed by atoms with van der Waals surface area (Å²) in [5.41, 5.74) is -2.81. The summed E-state index contributed by atoms with van der Waals surface area (Å²) in [7, 11) is 0.855. The van der Waals surface area contributed by atoms with Gasteiger partial charge in [0, 0.05) is 19.1 Å². The molecule has 0 bridgehead atoms. The molecule has 0 N–H and O–H groups in total. The van der Waals surface area contributed by atoms with Crippen LogP contribution in [0.15, 0.2) is 53.6 Å². The fourth-order valence-corrected chi connectivity index (χ4v) is 4.94. The molecule has 1 aliphatic carbocycles. The van der Waals surface area contributed by atoms with Gasteiger partial charge in [0.25, 0.3) is 5.60 Å². The SMILES string of the molecule is CCCCCC[C@@H](OC(=O)[C@](OC)(c1ccccc1)C(F)(F)F)C1=C[C@@]2(CC=C(C)C)C(=O)O[C@H]2C1. The van der Waals surface area contributed by atoms with Crippen molar-refractivity contribution in [2.75, 3.05) is 7.11 Å². The maximum absolute atomic E-state index is 14.4. The molecule has 0 unspecified atom stereocenters. The van der Waals surface area contributed by atoms with E-state index in [0.29, 0.717) is 31.3 Å². The number of halogens is 3. The van der Waals surface area contributed by atoms with E-state index < -0.39 is 35.4 Å². The zero-order chi connectivity index (χ0) is 26.6. The van der Waals surface area contributed by atoms with Crippen molar-refractivity contribution in [3.05, 3.63) is 59.2 Å². The van der Waals surface area contributed by atoms with Crippen LogP contribution in [0.25, 0.3) is 0 Å². The van der Waals surface area contributed by atoms with Crippen molar-refractivity contribution >= 4 is 11.9 Å². The van der Waals surface area contributed by atoms with Crippen LogP contribution in [0.5, 0.6) is 0 Å². The highest BCUT2D eigenvalue weighted by Gasteiger charge is 2.65. The quantitative estimate of drug-likeness (QED) is 0.182. The van der Waals surface area contributed by atoms with Crippen LogP contribution in [0.4, 0.5) is 13.2 Å². The Labute approximate surface area is 210 Å². The number of carbonyl (C=O) groups is 2. The van der Waals surface area contributed by atoms with Crippen LogP contribution in [0.1, 0.15) is 71.3 Å². The van der Waals surface area contributed by atoms with Crippen LogP contribution in [0, 0.1) is 5.41 Å². The molecule has 1 saturated heterocycles. The molecule has 1 heterocycles. The lowest BCUT2D eigenvalue weighted by atomic mass is 9.77. The van der Waals surface area contributed by atoms with E-state index in [1.165, 1.54) is 24.3 Å². The molecule has 0 amide bonds. The first-order chi connectivity index (χ1) is 17.0. The molecular formula is C28H35F3O5. The van der Waals surface area contributed by atoms with Crippen molar-refractivity contribution in [3.8, 4) is 0 Å². The Morgan fingerprint density at radius 2 is 1.89 bits per heavy atom. The Hall–Kier alpha value is -2.61. The number of benzene rings is 1. The molecule has 0 spiro atoms. The maximum Gasteiger partial charge on any atom is 0.432 e. The molecule has 1 aromatic carbocycles. The standard InChI is InChI=1S/C28H35F3O5/c1-5-6-7-11-14-22(20-17-23-26(18-20,24(32)36-23)16-15-19(2)3)35-25(33)27(34-4,28(29,30)31)21-12-9-8-10-13-21/h8-10,12-13,15,18,22-23H,5-7,11,14,16-17H2,1-4H3/t22-,23+,26-,27-/m1/s1. The van der Waals surface area contributed by atoms with Crippen molar-refractivity contribution in [1.29, 1.82) is 0 Å². The van der Waals surface area contributed by atoms with E-state index in [9.17, 15) is 22.8 Å². The summed E-state index contributed by atoms with van der Waals surface area (Å²) in [5.74, 6) is -1.88. The van der Waals surface area contributed by atoms with Gasteiger partial charge in [-0.1, -0.05) is 74.2 Å². The van der Waals surface area contributed by atoms with Gasteiger partial charge in [0.05, 0.1) is 0 Å². The molecule has 3 rings (SSSR count). The molecule has 0 aromatic heterocycles. The summed E-state index contributed by atoms with van der Waals surface area (Å²) in [4.78, 5) is 25.8. The van der Waals surface area contributed by atoms with Gasteiger partial charge in [-0.15, -0.1) is 0 Å². The van der Waals surface area contributed by atoms with E-state index in [1.54, 1.807) is 12.1 Å². The van der Waals surface area contributed by atoms with Crippen LogP contribution in [-0.4, -0.2) is 37.4 Å². The van der Waals surface area contributed by atoms with Crippen LogP contribution in [0.2, 0.25) is 0 Å². The first-order valence-electron chi connectivity index (χ1n) is 12.5. The highest BCUT2D eigenvalue weighted by molar-refractivity contribution is 5.87. The Morgan fingerprint density at radius 3 is 2.44 bits per heavy atom. The highest BCUT2D eigenvalue weighted by Crippen LogP contribution is 2.52. The number of alkyl halides is 3. The van der Waals surface area contributed by atoms with Gasteiger partial charge in [-0.05, 0) is 38.7 Å². The summed E-state index contributed by atoms with van der Waals surface area (Å²) in [6, 6.07) is 6.79. The monoisotopic (exact) mass is 508 g/mol. The Morgan fingerprint density at radius 1 is 1.19 bits per heavy atom. The average molecular weight is 509 g/mol. The smallest absolute Gasteiger partial charge is 0.432 e. The van der Waals surface area contributed by atoms with E-state index in [0.717, 1.165) is 31.9 Å². The summed E-state index contributed by atoms with van der Waals surface area (Å²) in [6.07, 6.45) is 1.92. The fourth-order valence-electron chi connectivity index (χ4n) is 4.94. The number of hydrogen-bond acceptors (Lipinski definition) is 5. The molecule has 2 aliphatic rings. The molecule has 5 nitrogen and oxygen atoms in total. The molecule has 198 valence electrons. The van der Waals surface area contributed by atoms with Crippen LogP contribution in [0.3, 0.4) is 0 Å². The third kappa shape index (κ3) is 5.24. The van der Waals surface area contributed by atoms with Crippen molar-refractivity contribution < 1.29 is 37.0 Å². The van der Waals surface area contributed by atoms with Gasteiger partial charge < -0.3 is 14.2 Å². The lowest BCUT2D eigenvalue weighted by molar-refractivity contribution is -0.277. The molecular weight excluding hydrogens is 473 g/mol. The van der Waals surface area contributed by atoms with Gasteiger partial charge in [0.1, 0.15) is 17.6 Å². The summed E-state index contributed by atoms with van der Waals surface area (Å²) < 4.78 is 59.1. The van der Waals surface area contributed by atoms with Gasteiger partial charge in [0.15, 0.2) is 0 Å². The van der Waals surface area contributed by atoms with E-state index in [2.05, 4.69) is 6.92 Å². The van der Waals surface area contributed by atoms with Gasteiger partial charge in [-0.25, -0.2) is 4.79 Å². The molecule has 4 atom stereocenters. The summed E-state index contributed by atoms with van der Waals surface area (Å²) in [6.45, 7) is 5.91. The van der Waals surface area contributed by atoms with Crippen LogP contribution >= 0.6 is 0 Å². The number of carbonyl (C=O) groups excluding carboxylic acids is 2. The number of esters is 2. The van der Waals surface area contributed by atoms with Crippen molar-refractivity contribution in [3.63, 3.8) is 0 Å². The predicted octanol–water partition coefficient (Wildman–Crippen LogP) is 6.57. The molecule has 0 radical (unpaired) electrons. The molecule has 0 saturated carbocycles. The number of allylic oxidation sites excluding steroid dienone is 2. The van der Waals surface area contributed by atoms with E-state index in [-0.39, 0.29) is 11.5 Å². The Bertz CT molecular complexity index is 996. The van der Waals surface area contributed by atoms with Crippen LogP contribution in [-0.2, 0) is 29.4 Å². The zero-order valence-corrected chi connectivity index (χ0v) is 21.3. The third-order valence-corrected chi connectivity index (χ3v) is 7.07. The zero-order valence-electron chi connectivity index (χ0n) is 21.3. The molecule has 1 aliphatic heterocycles. The van der Waals surface area contributed by atoms with Crippen LogP contribution < -0.4 is 0 Å². The lowest BCUT2D eigenvalue weighted by Gasteiger charge is -2.41. The highest BCUT2D eigenvalue weighted by atomic mass is 19.4. The van der Waals surface area contributed by atoms with Gasteiger partial charge in [0.2, 0.25) is 0 Å². The van der Waals surface area contributed by atoms with Gasteiger partial charge >= 0.3 is 18.1 Å². The second-order valence-electron chi connectivity index (χ2n) is 9.84.